The van der Waals surface area contributed by atoms with E-state index < -0.39 is 5.41 Å². The summed E-state index contributed by atoms with van der Waals surface area (Å²) >= 11 is 0. The molecule has 14 rings (SSSR count). The second-order valence-corrected chi connectivity index (χ2v) is 17.3. The lowest BCUT2D eigenvalue weighted by Gasteiger charge is -2.30. The highest BCUT2D eigenvalue weighted by Gasteiger charge is 2.52. The normalized spacial score (nSPS) is 13.0. The van der Waals surface area contributed by atoms with E-state index in [9.17, 15) is 0 Å². The lowest BCUT2D eigenvalue weighted by molar-refractivity contribution is 0.794. The summed E-state index contributed by atoms with van der Waals surface area (Å²) in [5, 5.41) is 9.93. The molecule has 300 valence electrons. The summed E-state index contributed by atoms with van der Waals surface area (Å²) < 4.78 is 0. The standard InChI is InChI=1S/C62H37N3/c1-2-19-38(20-3-1)59-63-60(48-30-11-8-25-43(48)51-37-52-41-23-5-4-21-39(41)40-22-6-9-28-46(40)57(52)47-29-10-7-24-42(47)51)65-61(64-59)50-32-18-36-56-58(50)49-31-14-17-35-55(49)62(56)53-33-15-12-26-44(53)45-27-13-16-34-54(45)62/h1-37H. The predicted molar refractivity (Wildman–Crippen MR) is 268 cm³/mol. The van der Waals surface area contributed by atoms with E-state index in [0.29, 0.717) is 17.5 Å². The maximum absolute atomic E-state index is 5.55. The zero-order valence-corrected chi connectivity index (χ0v) is 35.2. The molecule has 0 radical (unpaired) electrons. The van der Waals surface area contributed by atoms with E-state index in [4.69, 9.17) is 15.0 Å². The van der Waals surface area contributed by atoms with Gasteiger partial charge < -0.3 is 0 Å². The van der Waals surface area contributed by atoms with Crippen molar-refractivity contribution in [2.75, 3.05) is 0 Å². The van der Waals surface area contributed by atoms with Crippen molar-refractivity contribution in [1.82, 2.24) is 15.0 Å². The maximum atomic E-state index is 5.55. The molecule has 2 aliphatic carbocycles. The predicted octanol–water partition coefficient (Wildman–Crippen LogP) is 15.5. The number of nitrogens with zero attached hydrogens (tertiary/aromatic N) is 3. The second kappa shape index (κ2) is 13.7. The van der Waals surface area contributed by atoms with Crippen LogP contribution >= 0.6 is 0 Å². The molecule has 0 atom stereocenters. The molecule has 3 nitrogen and oxygen atoms in total. The minimum absolute atomic E-state index is 0.480. The fourth-order valence-corrected chi connectivity index (χ4v) is 11.6. The summed E-state index contributed by atoms with van der Waals surface area (Å²) in [5.74, 6) is 1.91. The van der Waals surface area contributed by atoms with Crippen LogP contribution in [0.1, 0.15) is 22.3 Å². The zero-order chi connectivity index (χ0) is 42.6. The molecule has 1 heterocycles. The van der Waals surface area contributed by atoms with Crippen molar-refractivity contribution in [3.05, 3.63) is 247 Å². The number of hydrogen-bond donors (Lipinski definition) is 0. The minimum atomic E-state index is -0.480. The number of hydrogen-bond acceptors (Lipinski definition) is 3. The van der Waals surface area contributed by atoms with Gasteiger partial charge >= 0.3 is 0 Å². The summed E-state index contributed by atoms with van der Waals surface area (Å²) in [4.78, 5) is 16.3. The number of fused-ring (bicyclic) bond motifs is 18. The van der Waals surface area contributed by atoms with Gasteiger partial charge in [-0.1, -0.05) is 218 Å². The Kier molecular flexibility index (Phi) is 7.61. The summed E-state index contributed by atoms with van der Waals surface area (Å²) in [5.41, 5.74) is 14.7. The highest BCUT2D eigenvalue weighted by Crippen LogP contribution is 2.64. The van der Waals surface area contributed by atoms with E-state index in [0.717, 1.165) is 27.8 Å². The van der Waals surface area contributed by atoms with Gasteiger partial charge in [0.1, 0.15) is 0 Å². The maximum Gasteiger partial charge on any atom is 0.164 e. The van der Waals surface area contributed by atoms with Gasteiger partial charge in [-0.15, -0.1) is 0 Å². The highest BCUT2D eigenvalue weighted by molar-refractivity contribution is 6.33. The lowest BCUT2D eigenvalue weighted by Crippen LogP contribution is -2.25. The Morgan fingerprint density at radius 1 is 0.246 bits per heavy atom. The average molecular weight is 824 g/mol. The molecule has 2 aliphatic rings. The Morgan fingerprint density at radius 2 is 0.662 bits per heavy atom. The summed E-state index contributed by atoms with van der Waals surface area (Å²) in [6, 6.07) is 81.4. The Balaban J connectivity index is 1.04. The van der Waals surface area contributed by atoms with Crippen LogP contribution in [-0.2, 0) is 5.41 Å². The molecule has 0 saturated carbocycles. The molecular formula is C62H37N3. The minimum Gasteiger partial charge on any atom is -0.208 e. The first kappa shape index (κ1) is 36.0. The van der Waals surface area contributed by atoms with Gasteiger partial charge in [-0.2, -0.15) is 0 Å². The first-order chi connectivity index (χ1) is 32.3. The van der Waals surface area contributed by atoms with Gasteiger partial charge in [-0.25, -0.2) is 15.0 Å². The van der Waals surface area contributed by atoms with Crippen LogP contribution in [0.4, 0.5) is 0 Å². The fourth-order valence-electron chi connectivity index (χ4n) is 11.6. The molecule has 65 heavy (non-hydrogen) atoms. The molecular weight excluding hydrogens is 787 g/mol. The molecule has 3 heteroatoms. The van der Waals surface area contributed by atoms with Crippen molar-refractivity contribution in [3.8, 4) is 67.5 Å². The molecule has 0 fully saturated rings. The van der Waals surface area contributed by atoms with Crippen molar-refractivity contribution < 1.29 is 0 Å². The van der Waals surface area contributed by atoms with E-state index >= 15 is 0 Å². The van der Waals surface area contributed by atoms with Crippen molar-refractivity contribution in [3.63, 3.8) is 0 Å². The van der Waals surface area contributed by atoms with E-state index in [-0.39, 0.29) is 0 Å². The van der Waals surface area contributed by atoms with Gasteiger partial charge in [0.05, 0.1) is 5.41 Å². The van der Waals surface area contributed by atoms with Crippen molar-refractivity contribution in [2.24, 2.45) is 0 Å². The third-order valence-corrected chi connectivity index (χ3v) is 14.1. The molecule has 0 N–H and O–H groups in total. The Hall–Kier alpha value is -8.53. The van der Waals surface area contributed by atoms with E-state index in [1.54, 1.807) is 0 Å². The molecule has 1 spiro atoms. The van der Waals surface area contributed by atoms with E-state index in [2.05, 4.69) is 218 Å². The van der Waals surface area contributed by atoms with E-state index in [1.165, 1.54) is 87.6 Å². The van der Waals surface area contributed by atoms with Crippen molar-refractivity contribution >= 4 is 43.1 Å². The van der Waals surface area contributed by atoms with Crippen LogP contribution < -0.4 is 0 Å². The monoisotopic (exact) mass is 823 g/mol. The van der Waals surface area contributed by atoms with Crippen LogP contribution in [0.15, 0.2) is 224 Å². The molecule has 0 saturated heterocycles. The molecule has 12 aromatic rings. The SMILES string of the molecule is c1ccc(-c2nc(-c3ccccc3-c3cc4c5ccccc5c5ccccc5c4c4ccccc34)nc(-c3cccc4c3-c3ccccc3C43c4ccccc4-c4ccccc43)n2)cc1. The van der Waals surface area contributed by atoms with Crippen LogP contribution in [0.2, 0.25) is 0 Å². The van der Waals surface area contributed by atoms with Gasteiger partial charge in [-0.3, -0.25) is 0 Å². The largest absolute Gasteiger partial charge is 0.208 e. The third-order valence-electron chi connectivity index (χ3n) is 14.1. The Labute approximate surface area is 376 Å². The highest BCUT2D eigenvalue weighted by atomic mass is 15.0. The van der Waals surface area contributed by atoms with E-state index in [1.807, 2.05) is 6.07 Å². The third kappa shape index (κ3) is 4.98. The number of aromatic nitrogens is 3. The summed E-state index contributed by atoms with van der Waals surface area (Å²) in [6.45, 7) is 0. The van der Waals surface area contributed by atoms with Gasteiger partial charge in [-0.05, 0) is 105 Å². The number of benzene rings is 11. The second-order valence-electron chi connectivity index (χ2n) is 17.3. The molecule has 0 bridgehead atoms. The fraction of sp³-hybridized carbons (Fsp3) is 0.0161. The smallest absolute Gasteiger partial charge is 0.164 e. The lowest BCUT2D eigenvalue weighted by atomic mass is 9.70. The van der Waals surface area contributed by atoms with Crippen molar-refractivity contribution in [2.45, 2.75) is 5.41 Å². The summed E-state index contributed by atoms with van der Waals surface area (Å²) in [7, 11) is 0. The molecule has 0 amide bonds. The molecule has 0 unspecified atom stereocenters. The molecule has 0 aliphatic heterocycles. The van der Waals surface area contributed by atoms with Gasteiger partial charge in [0.2, 0.25) is 0 Å². The quantitative estimate of drug-likeness (QED) is 0.166. The molecule has 1 aromatic heterocycles. The van der Waals surface area contributed by atoms with Gasteiger partial charge in [0, 0.05) is 16.7 Å². The first-order valence-electron chi connectivity index (χ1n) is 22.4. The topological polar surface area (TPSA) is 38.7 Å². The van der Waals surface area contributed by atoms with Gasteiger partial charge in [0.25, 0.3) is 0 Å². The van der Waals surface area contributed by atoms with Gasteiger partial charge in [0.15, 0.2) is 17.5 Å². The Bertz CT molecular complexity index is 3920. The zero-order valence-electron chi connectivity index (χ0n) is 35.2. The van der Waals surface area contributed by atoms with Crippen LogP contribution in [0.25, 0.3) is 111 Å². The van der Waals surface area contributed by atoms with Crippen molar-refractivity contribution in [1.29, 1.82) is 0 Å². The summed E-state index contributed by atoms with van der Waals surface area (Å²) in [6.07, 6.45) is 0. The van der Waals surface area contributed by atoms with Crippen LogP contribution in [0.3, 0.4) is 0 Å². The van der Waals surface area contributed by atoms with Crippen LogP contribution in [-0.4, -0.2) is 15.0 Å². The van der Waals surface area contributed by atoms with Crippen LogP contribution in [0.5, 0.6) is 0 Å². The molecule has 11 aromatic carbocycles. The first-order valence-corrected chi connectivity index (χ1v) is 22.4. The Morgan fingerprint density at radius 3 is 1.32 bits per heavy atom. The number of rotatable bonds is 4. The average Bonchev–Trinajstić information content (AvgIpc) is 3.86. The van der Waals surface area contributed by atoms with Crippen LogP contribution in [0, 0.1) is 0 Å².